The summed E-state index contributed by atoms with van der Waals surface area (Å²) in [6, 6.07) is 13.4. The van der Waals surface area contributed by atoms with Crippen LogP contribution in [-0.2, 0) is 0 Å². The van der Waals surface area contributed by atoms with Gasteiger partial charge in [0.05, 0.1) is 0 Å². The molecule has 23 heavy (non-hydrogen) atoms. The fourth-order valence-electron chi connectivity index (χ4n) is 2.91. The number of benzene rings is 2. The largest absolute Gasteiger partial charge is 0.305 e. The second kappa shape index (κ2) is 5.62. The molecule has 0 spiro atoms. The summed E-state index contributed by atoms with van der Waals surface area (Å²) in [5, 5.41) is 11.8. The maximum absolute atomic E-state index is 10.7. The van der Waals surface area contributed by atoms with Gasteiger partial charge in [0.1, 0.15) is 11.5 Å². The smallest absolute Gasteiger partial charge is 0.166 e. The molecule has 0 amide bonds. The number of amidine groups is 2. The molecule has 5 nitrogen and oxygen atoms in total. The monoisotopic (exact) mass is 322 g/mol. The van der Waals surface area contributed by atoms with Crippen molar-refractivity contribution in [2.24, 2.45) is 10.2 Å². The minimum absolute atomic E-state index is 0.420. The van der Waals surface area contributed by atoms with Crippen molar-refractivity contribution in [1.29, 1.82) is 5.41 Å². The summed E-state index contributed by atoms with van der Waals surface area (Å²) in [5.74, 6) is 0.907. The molecule has 2 aromatic rings. The average molecular weight is 322 g/mol. The Labute approximate surface area is 137 Å². The lowest BCUT2D eigenvalue weighted by Gasteiger charge is -2.34. The minimum Gasteiger partial charge on any atom is -0.305 e. The van der Waals surface area contributed by atoms with E-state index in [1.165, 1.54) is 11.8 Å². The van der Waals surface area contributed by atoms with E-state index in [1.807, 2.05) is 23.1 Å². The van der Waals surface area contributed by atoms with E-state index < -0.39 is 0 Å². The van der Waals surface area contributed by atoms with Crippen LogP contribution in [0.4, 0.5) is 5.69 Å². The van der Waals surface area contributed by atoms with Crippen LogP contribution in [-0.4, -0.2) is 29.0 Å². The Morgan fingerprint density at radius 1 is 1.17 bits per heavy atom. The summed E-state index contributed by atoms with van der Waals surface area (Å²) < 4.78 is 0. The van der Waals surface area contributed by atoms with Crippen molar-refractivity contribution < 1.29 is 0 Å². The standard InChI is InChI=1S/C17H14N4OS/c18-17-21-8-2-7-19-16(21)14-6-5-12(10-15(14)23-17)11-3-1-4-13(9-11)20-22/h1,3-6,9-10,18H,2,7-8H2. The molecule has 114 valence electrons. The first-order valence-electron chi connectivity index (χ1n) is 7.43. The molecular formula is C17H14N4OS. The van der Waals surface area contributed by atoms with Gasteiger partial charge in [-0.1, -0.05) is 30.0 Å². The summed E-state index contributed by atoms with van der Waals surface area (Å²) in [4.78, 5) is 18.3. The second-order valence-corrected chi connectivity index (χ2v) is 6.50. The molecule has 0 unspecified atom stereocenters. The van der Waals surface area contributed by atoms with Crippen LogP contribution >= 0.6 is 11.8 Å². The Morgan fingerprint density at radius 2 is 2.04 bits per heavy atom. The highest BCUT2D eigenvalue weighted by Crippen LogP contribution is 2.36. The van der Waals surface area contributed by atoms with Gasteiger partial charge in [0.15, 0.2) is 5.17 Å². The van der Waals surface area contributed by atoms with Gasteiger partial charge in [0.25, 0.3) is 0 Å². The van der Waals surface area contributed by atoms with Crippen LogP contribution in [0.2, 0.25) is 0 Å². The first-order valence-corrected chi connectivity index (χ1v) is 8.24. The van der Waals surface area contributed by atoms with E-state index in [0.29, 0.717) is 10.9 Å². The highest BCUT2D eigenvalue weighted by atomic mass is 32.2. The summed E-state index contributed by atoms with van der Waals surface area (Å²) >= 11 is 1.46. The van der Waals surface area contributed by atoms with Crippen molar-refractivity contribution in [2.75, 3.05) is 13.1 Å². The zero-order valence-corrected chi connectivity index (χ0v) is 13.1. The van der Waals surface area contributed by atoms with Gasteiger partial charge in [-0.05, 0) is 47.0 Å². The molecule has 2 heterocycles. The summed E-state index contributed by atoms with van der Waals surface area (Å²) in [6.45, 7) is 1.68. The highest BCUT2D eigenvalue weighted by Gasteiger charge is 2.29. The Bertz CT molecular complexity index is 846. The fourth-order valence-corrected chi connectivity index (χ4v) is 3.86. The van der Waals surface area contributed by atoms with Crippen molar-refractivity contribution in [3.8, 4) is 11.1 Å². The average Bonchev–Trinajstić information content (AvgIpc) is 2.61. The Kier molecular flexibility index (Phi) is 3.46. The highest BCUT2D eigenvalue weighted by molar-refractivity contribution is 8.14. The second-order valence-electron chi connectivity index (χ2n) is 5.47. The van der Waals surface area contributed by atoms with Crippen molar-refractivity contribution in [2.45, 2.75) is 11.3 Å². The molecule has 6 heteroatoms. The molecule has 2 aromatic carbocycles. The molecule has 2 aliphatic heterocycles. The SMILES string of the molecule is N=C1Sc2cc(-c3cccc(N=O)c3)ccc2C2=NCCCN12. The summed E-state index contributed by atoms with van der Waals surface area (Å²) in [6.07, 6.45) is 0.991. The fraction of sp³-hybridized carbons (Fsp3) is 0.176. The number of fused-ring (bicyclic) bond motifs is 3. The Balaban J connectivity index is 1.79. The van der Waals surface area contributed by atoms with Gasteiger partial charge in [-0.15, -0.1) is 4.91 Å². The van der Waals surface area contributed by atoms with Gasteiger partial charge < -0.3 is 4.90 Å². The maximum Gasteiger partial charge on any atom is 0.166 e. The molecular weight excluding hydrogens is 308 g/mol. The predicted octanol–water partition coefficient (Wildman–Crippen LogP) is 4.24. The van der Waals surface area contributed by atoms with Gasteiger partial charge in [-0.25, -0.2) is 0 Å². The van der Waals surface area contributed by atoms with Gasteiger partial charge in [0.2, 0.25) is 0 Å². The summed E-state index contributed by atoms with van der Waals surface area (Å²) in [7, 11) is 0. The maximum atomic E-state index is 10.7. The molecule has 1 N–H and O–H groups in total. The molecule has 2 aliphatic rings. The van der Waals surface area contributed by atoms with E-state index in [0.717, 1.165) is 46.9 Å². The van der Waals surface area contributed by atoms with Crippen LogP contribution in [0.15, 0.2) is 57.5 Å². The predicted molar refractivity (Wildman–Crippen MR) is 93.6 cm³/mol. The zero-order valence-electron chi connectivity index (χ0n) is 12.3. The first kappa shape index (κ1) is 14.1. The van der Waals surface area contributed by atoms with Gasteiger partial charge in [0, 0.05) is 23.5 Å². The van der Waals surface area contributed by atoms with E-state index in [2.05, 4.69) is 22.3 Å². The molecule has 4 rings (SSSR count). The quantitative estimate of drug-likeness (QED) is 0.841. The Morgan fingerprint density at radius 3 is 2.91 bits per heavy atom. The van der Waals surface area contributed by atoms with Crippen molar-refractivity contribution in [3.05, 3.63) is 52.9 Å². The number of nitroso groups, excluding NO2 is 1. The molecule has 0 atom stereocenters. The molecule has 0 bridgehead atoms. The number of rotatable bonds is 2. The lowest BCUT2D eigenvalue weighted by atomic mass is 10.0. The van der Waals surface area contributed by atoms with Crippen molar-refractivity contribution in [3.63, 3.8) is 0 Å². The lowest BCUT2D eigenvalue weighted by molar-refractivity contribution is 0.552. The van der Waals surface area contributed by atoms with Crippen LogP contribution in [0, 0.1) is 10.3 Å². The van der Waals surface area contributed by atoms with Gasteiger partial charge >= 0.3 is 0 Å². The third kappa shape index (κ3) is 2.45. The summed E-state index contributed by atoms with van der Waals surface area (Å²) in [5.41, 5.74) is 3.46. The molecule has 0 aliphatic carbocycles. The molecule has 0 saturated heterocycles. The number of hydrogen-bond donors (Lipinski definition) is 1. The minimum atomic E-state index is 0.420. The number of aliphatic imine (C=N–C) groups is 1. The van der Waals surface area contributed by atoms with E-state index in [4.69, 9.17) is 5.41 Å². The van der Waals surface area contributed by atoms with Crippen LogP contribution in [0.1, 0.15) is 12.0 Å². The third-order valence-corrected chi connectivity index (χ3v) is 4.99. The lowest BCUT2D eigenvalue weighted by Crippen LogP contribution is -2.42. The van der Waals surface area contributed by atoms with Crippen LogP contribution in [0.25, 0.3) is 11.1 Å². The van der Waals surface area contributed by atoms with Gasteiger partial charge in [-0.2, -0.15) is 0 Å². The van der Waals surface area contributed by atoms with Crippen LogP contribution in [0.3, 0.4) is 0 Å². The normalized spacial score (nSPS) is 16.4. The molecule has 0 aromatic heterocycles. The van der Waals surface area contributed by atoms with Crippen LogP contribution in [0.5, 0.6) is 0 Å². The van der Waals surface area contributed by atoms with E-state index >= 15 is 0 Å². The molecule has 0 saturated carbocycles. The number of thioether (sulfide) groups is 1. The number of hydrogen-bond acceptors (Lipinski definition) is 5. The molecule has 0 fully saturated rings. The topological polar surface area (TPSA) is 68.9 Å². The van der Waals surface area contributed by atoms with Crippen LogP contribution < -0.4 is 0 Å². The third-order valence-electron chi connectivity index (χ3n) is 4.02. The zero-order chi connectivity index (χ0) is 15.8. The van der Waals surface area contributed by atoms with Gasteiger partial charge in [-0.3, -0.25) is 10.4 Å². The molecule has 0 radical (unpaired) electrons. The van der Waals surface area contributed by atoms with Crippen molar-refractivity contribution in [1.82, 2.24) is 4.90 Å². The van der Waals surface area contributed by atoms with Crippen molar-refractivity contribution >= 4 is 28.5 Å². The first-order chi connectivity index (χ1) is 11.3. The van der Waals surface area contributed by atoms with E-state index in [1.54, 1.807) is 12.1 Å². The number of nitrogens with one attached hydrogen (secondary N) is 1. The number of nitrogens with zero attached hydrogens (tertiary/aromatic N) is 3. The Hall–Kier alpha value is -2.47. The van der Waals surface area contributed by atoms with E-state index in [-0.39, 0.29) is 0 Å². The van der Waals surface area contributed by atoms with E-state index in [9.17, 15) is 4.91 Å².